The van der Waals surface area contributed by atoms with Gasteiger partial charge in [0.2, 0.25) is 0 Å². The molecule has 0 spiro atoms. The molecule has 90 valence electrons. The number of carbonyl (C=O) groups is 1. The van der Waals surface area contributed by atoms with E-state index in [1.54, 1.807) is 24.3 Å². The molecule has 0 aliphatic rings. The van der Waals surface area contributed by atoms with Gasteiger partial charge in [0.1, 0.15) is 11.3 Å². The number of alkyl halides is 1. The Hall–Kier alpha value is -1.52. The first-order valence-electron chi connectivity index (χ1n) is 4.55. The van der Waals surface area contributed by atoms with E-state index in [4.69, 9.17) is 28.3 Å². The first-order valence-corrected chi connectivity index (χ1v) is 5.47. The zero-order valence-corrected chi connectivity index (χ0v) is 10.1. The van der Waals surface area contributed by atoms with E-state index >= 15 is 0 Å². The number of carboxylic acid groups (broad SMARTS) is 1. The summed E-state index contributed by atoms with van der Waals surface area (Å²) < 4.78 is 0. The van der Waals surface area contributed by atoms with Crippen molar-refractivity contribution in [3.8, 4) is 0 Å². The second-order valence-corrected chi connectivity index (χ2v) is 3.74. The Morgan fingerprint density at radius 3 is 2.35 bits per heavy atom. The van der Waals surface area contributed by atoms with Crippen molar-refractivity contribution < 1.29 is 15.0 Å². The molecule has 1 aromatic carbocycles. The third-order valence-electron chi connectivity index (χ3n) is 1.84. The number of halogens is 2. The van der Waals surface area contributed by atoms with Gasteiger partial charge in [0, 0.05) is 11.2 Å². The van der Waals surface area contributed by atoms with Gasteiger partial charge < -0.3 is 10.2 Å². The van der Waals surface area contributed by atoms with Gasteiger partial charge in [0.15, 0.2) is 0 Å². The molecule has 0 amide bonds. The van der Waals surface area contributed by atoms with Crippen molar-refractivity contribution in [3.05, 3.63) is 40.6 Å². The number of carboxylic acids is 1. The standard InChI is InChI=1S/C11H9Cl2NO3/c12-5-10(15)9(11(16)17)6-14-8-3-1-7(13)2-4-8/h1-4,6,15H,5H2,(H,16,17)/b10-9+,14-6?. The maximum Gasteiger partial charge on any atom is 0.340 e. The van der Waals surface area contributed by atoms with Crippen LogP contribution in [0.1, 0.15) is 0 Å². The lowest BCUT2D eigenvalue weighted by atomic mass is 10.2. The monoisotopic (exact) mass is 273 g/mol. The lowest BCUT2D eigenvalue weighted by molar-refractivity contribution is -0.132. The van der Waals surface area contributed by atoms with E-state index in [1.807, 2.05) is 0 Å². The number of hydrogen-bond donors (Lipinski definition) is 2. The van der Waals surface area contributed by atoms with Gasteiger partial charge in [-0.25, -0.2) is 4.79 Å². The van der Waals surface area contributed by atoms with Crippen LogP contribution in [0, 0.1) is 0 Å². The average Bonchev–Trinajstić information content (AvgIpc) is 2.31. The van der Waals surface area contributed by atoms with Crippen LogP contribution in [0.15, 0.2) is 40.6 Å². The summed E-state index contributed by atoms with van der Waals surface area (Å²) in [5, 5.41) is 18.6. The van der Waals surface area contributed by atoms with E-state index in [0.29, 0.717) is 10.7 Å². The Labute approximate surface area is 108 Å². The molecule has 4 nitrogen and oxygen atoms in total. The molecule has 1 rings (SSSR count). The van der Waals surface area contributed by atoms with E-state index in [9.17, 15) is 9.90 Å². The molecule has 1 aromatic rings. The minimum atomic E-state index is -1.29. The van der Waals surface area contributed by atoms with Crippen molar-refractivity contribution in [1.82, 2.24) is 0 Å². The van der Waals surface area contributed by atoms with Crippen LogP contribution in [-0.4, -0.2) is 28.3 Å². The minimum absolute atomic E-state index is 0.283. The van der Waals surface area contributed by atoms with E-state index in [-0.39, 0.29) is 11.5 Å². The molecule has 17 heavy (non-hydrogen) atoms. The number of aliphatic hydroxyl groups is 1. The molecule has 0 radical (unpaired) electrons. The van der Waals surface area contributed by atoms with Gasteiger partial charge in [-0.3, -0.25) is 4.99 Å². The van der Waals surface area contributed by atoms with Crippen molar-refractivity contribution in [2.24, 2.45) is 4.99 Å². The fourth-order valence-corrected chi connectivity index (χ4v) is 1.26. The van der Waals surface area contributed by atoms with Crippen molar-refractivity contribution in [2.75, 3.05) is 5.88 Å². The summed E-state index contributed by atoms with van der Waals surface area (Å²) in [4.78, 5) is 14.7. The number of nitrogens with zero attached hydrogens (tertiary/aromatic N) is 1. The third kappa shape index (κ3) is 4.09. The zero-order valence-electron chi connectivity index (χ0n) is 8.60. The highest BCUT2D eigenvalue weighted by atomic mass is 35.5. The van der Waals surface area contributed by atoms with Crippen LogP contribution in [-0.2, 0) is 4.79 Å². The number of benzene rings is 1. The van der Waals surface area contributed by atoms with Gasteiger partial charge in [0.25, 0.3) is 0 Å². The lowest BCUT2D eigenvalue weighted by Crippen LogP contribution is -2.06. The van der Waals surface area contributed by atoms with E-state index in [2.05, 4.69) is 4.99 Å². The first kappa shape index (κ1) is 13.5. The van der Waals surface area contributed by atoms with Crippen molar-refractivity contribution in [1.29, 1.82) is 0 Å². The number of aliphatic imine (C=N–C) groups is 1. The quantitative estimate of drug-likeness (QED) is 0.383. The maximum atomic E-state index is 10.8. The lowest BCUT2D eigenvalue weighted by Gasteiger charge is -1.98. The first-order chi connectivity index (χ1) is 8.04. The Morgan fingerprint density at radius 1 is 1.29 bits per heavy atom. The largest absolute Gasteiger partial charge is 0.510 e. The third-order valence-corrected chi connectivity index (χ3v) is 2.34. The molecule has 0 aliphatic carbocycles. The van der Waals surface area contributed by atoms with Crippen LogP contribution < -0.4 is 0 Å². The molecule has 0 saturated carbocycles. The predicted octanol–water partition coefficient (Wildman–Crippen LogP) is 3.18. The number of rotatable bonds is 4. The summed E-state index contributed by atoms with van der Waals surface area (Å²) in [5.41, 5.74) is 0.186. The summed E-state index contributed by atoms with van der Waals surface area (Å²) in [6.45, 7) is 0. The van der Waals surface area contributed by atoms with Crippen molar-refractivity contribution in [2.45, 2.75) is 0 Å². The fourth-order valence-electron chi connectivity index (χ4n) is 0.991. The van der Waals surface area contributed by atoms with Crippen LogP contribution in [0.2, 0.25) is 5.02 Å². The smallest absolute Gasteiger partial charge is 0.340 e. The maximum absolute atomic E-state index is 10.8. The molecule has 2 N–H and O–H groups in total. The highest BCUT2D eigenvalue weighted by molar-refractivity contribution is 6.30. The Bertz CT molecular complexity index is 466. The normalized spacial score (nSPS) is 12.6. The van der Waals surface area contributed by atoms with Gasteiger partial charge in [-0.05, 0) is 24.3 Å². The molecule has 0 heterocycles. The molecule has 6 heteroatoms. The fraction of sp³-hybridized carbons (Fsp3) is 0.0909. The van der Waals surface area contributed by atoms with E-state index < -0.39 is 11.7 Å². The van der Waals surface area contributed by atoms with Crippen LogP contribution in [0.25, 0.3) is 0 Å². The zero-order chi connectivity index (χ0) is 12.8. The summed E-state index contributed by atoms with van der Waals surface area (Å²) in [7, 11) is 0. The van der Waals surface area contributed by atoms with Crippen LogP contribution in [0.4, 0.5) is 5.69 Å². The van der Waals surface area contributed by atoms with Crippen molar-refractivity contribution in [3.63, 3.8) is 0 Å². The van der Waals surface area contributed by atoms with Crippen LogP contribution in [0.3, 0.4) is 0 Å². The summed E-state index contributed by atoms with van der Waals surface area (Å²) in [6, 6.07) is 6.49. The second kappa shape index (κ2) is 6.27. The number of aliphatic hydroxyl groups excluding tert-OH is 1. The van der Waals surface area contributed by atoms with Crippen LogP contribution in [0.5, 0.6) is 0 Å². The van der Waals surface area contributed by atoms with Crippen molar-refractivity contribution >= 4 is 41.1 Å². The highest BCUT2D eigenvalue weighted by Gasteiger charge is 2.10. The van der Waals surface area contributed by atoms with E-state index in [0.717, 1.165) is 6.21 Å². The summed E-state index contributed by atoms with van der Waals surface area (Å²) >= 11 is 11.0. The van der Waals surface area contributed by atoms with Gasteiger partial charge in [0.05, 0.1) is 11.6 Å². The minimum Gasteiger partial charge on any atom is -0.510 e. The molecule has 0 unspecified atom stereocenters. The molecule has 0 fully saturated rings. The van der Waals surface area contributed by atoms with E-state index in [1.165, 1.54) is 0 Å². The second-order valence-electron chi connectivity index (χ2n) is 3.03. The predicted molar refractivity (Wildman–Crippen MR) is 67.6 cm³/mol. The number of hydrogen-bond acceptors (Lipinski definition) is 3. The molecule has 0 bridgehead atoms. The van der Waals surface area contributed by atoms with Gasteiger partial charge in [-0.15, -0.1) is 11.6 Å². The van der Waals surface area contributed by atoms with Gasteiger partial charge in [-0.2, -0.15) is 0 Å². The molecular weight excluding hydrogens is 265 g/mol. The van der Waals surface area contributed by atoms with Gasteiger partial charge >= 0.3 is 5.97 Å². The molecule has 0 atom stereocenters. The molecule has 0 aliphatic heterocycles. The topological polar surface area (TPSA) is 69.9 Å². The average molecular weight is 274 g/mol. The molecular formula is C11H9Cl2NO3. The Morgan fingerprint density at radius 2 is 1.88 bits per heavy atom. The summed E-state index contributed by atoms with van der Waals surface area (Å²) in [6.07, 6.45) is 1.04. The van der Waals surface area contributed by atoms with Gasteiger partial charge in [-0.1, -0.05) is 11.6 Å². The van der Waals surface area contributed by atoms with Crippen LogP contribution >= 0.6 is 23.2 Å². The molecule has 0 saturated heterocycles. The number of aliphatic carboxylic acids is 1. The molecule has 0 aromatic heterocycles. The SMILES string of the molecule is O=C(O)/C(C=Nc1ccc(Cl)cc1)=C(/O)CCl. The Balaban J connectivity index is 2.95. The highest BCUT2D eigenvalue weighted by Crippen LogP contribution is 2.16. The summed E-state index contributed by atoms with van der Waals surface area (Å²) in [5.74, 6) is -2.01. The Kier molecular flexibility index (Phi) is 5.00. The number of allylic oxidation sites excluding steroid dienone is 1.